The summed E-state index contributed by atoms with van der Waals surface area (Å²) in [6.07, 6.45) is 0. The van der Waals surface area contributed by atoms with Crippen LogP contribution in [-0.2, 0) is 6.54 Å². The van der Waals surface area contributed by atoms with Crippen LogP contribution in [0.3, 0.4) is 0 Å². The molecule has 0 aliphatic carbocycles. The van der Waals surface area contributed by atoms with Crippen molar-refractivity contribution in [3.05, 3.63) is 48.9 Å². The summed E-state index contributed by atoms with van der Waals surface area (Å²) in [6.45, 7) is 2.10. The van der Waals surface area contributed by atoms with Crippen molar-refractivity contribution >= 4 is 40.2 Å². The SMILES string of the molecule is Cc1csc(CNC(=O)c2cc(Cl)c(N)c([N+](=O)[O-])c2)n1. The van der Waals surface area contributed by atoms with Gasteiger partial charge in [-0.1, -0.05) is 11.6 Å². The predicted molar refractivity (Wildman–Crippen MR) is 80.5 cm³/mol. The van der Waals surface area contributed by atoms with Gasteiger partial charge in [-0.25, -0.2) is 4.98 Å². The highest BCUT2D eigenvalue weighted by molar-refractivity contribution is 7.09. The second-order valence-electron chi connectivity index (χ2n) is 4.21. The van der Waals surface area contributed by atoms with E-state index in [0.717, 1.165) is 16.8 Å². The Labute approximate surface area is 128 Å². The number of carbonyl (C=O) groups is 1. The first-order valence-corrected chi connectivity index (χ1v) is 7.07. The van der Waals surface area contributed by atoms with Crippen molar-refractivity contribution in [1.29, 1.82) is 0 Å². The molecule has 0 aliphatic rings. The van der Waals surface area contributed by atoms with Crippen LogP contribution < -0.4 is 11.1 Å². The van der Waals surface area contributed by atoms with E-state index in [2.05, 4.69) is 10.3 Å². The van der Waals surface area contributed by atoms with E-state index in [4.69, 9.17) is 17.3 Å². The van der Waals surface area contributed by atoms with Crippen LogP contribution >= 0.6 is 22.9 Å². The lowest BCUT2D eigenvalue weighted by atomic mass is 10.1. The molecule has 1 heterocycles. The minimum atomic E-state index is -0.678. The monoisotopic (exact) mass is 326 g/mol. The molecule has 1 aromatic carbocycles. The predicted octanol–water partition coefficient (Wildman–Crippen LogP) is 2.53. The minimum absolute atomic E-state index is 0.0283. The van der Waals surface area contributed by atoms with Crippen LogP contribution in [0.1, 0.15) is 21.1 Å². The number of nitrogens with one attached hydrogen (secondary N) is 1. The number of nitrogens with zero attached hydrogens (tertiary/aromatic N) is 2. The molecule has 2 aromatic rings. The van der Waals surface area contributed by atoms with Crippen molar-refractivity contribution in [2.75, 3.05) is 5.73 Å². The van der Waals surface area contributed by atoms with E-state index in [1.165, 1.54) is 17.4 Å². The lowest BCUT2D eigenvalue weighted by Gasteiger charge is -2.06. The van der Waals surface area contributed by atoms with E-state index in [-0.39, 0.29) is 22.8 Å². The smallest absolute Gasteiger partial charge is 0.294 e. The van der Waals surface area contributed by atoms with Crippen molar-refractivity contribution in [3.8, 4) is 0 Å². The fraction of sp³-hybridized carbons (Fsp3) is 0.167. The fourth-order valence-corrected chi connectivity index (χ4v) is 2.55. The van der Waals surface area contributed by atoms with Crippen molar-refractivity contribution in [2.24, 2.45) is 0 Å². The molecular formula is C12H11ClN4O3S. The highest BCUT2D eigenvalue weighted by atomic mass is 35.5. The van der Waals surface area contributed by atoms with Gasteiger partial charge in [0.2, 0.25) is 0 Å². The summed E-state index contributed by atoms with van der Waals surface area (Å²) in [5.74, 6) is -0.479. The number of nitrogen functional groups attached to an aromatic ring is 1. The molecule has 0 atom stereocenters. The average Bonchev–Trinajstić information content (AvgIpc) is 2.84. The van der Waals surface area contributed by atoms with Gasteiger partial charge in [0, 0.05) is 22.7 Å². The number of carbonyl (C=O) groups excluding carboxylic acids is 1. The van der Waals surface area contributed by atoms with Crippen LogP contribution in [0.4, 0.5) is 11.4 Å². The lowest BCUT2D eigenvalue weighted by molar-refractivity contribution is -0.383. The largest absolute Gasteiger partial charge is 0.392 e. The maximum absolute atomic E-state index is 12.0. The summed E-state index contributed by atoms with van der Waals surface area (Å²) >= 11 is 7.23. The van der Waals surface area contributed by atoms with Gasteiger partial charge in [0.25, 0.3) is 11.6 Å². The van der Waals surface area contributed by atoms with Gasteiger partial charge in [0.1, 0.15) is 10.7 Å². The average molecular weight is 327 g/mol. The molecule has 110 valence electrons. The third-order valence-corrected chi connectivity index (χ3v) is 3.91. The number of hydrogen-bond donors (Lipinski definition) is 2. The summed E-state index contributed by atoms with van der Waals surface area (Å²) in [5, 5.41) is 16.1. The van der Waals surface area contributed by atoms with Gasteiger partial charge >= 0.3 is 0 Å². The molecule has 1 amide bonds. The summed E-state index contributed by atoms with van der Waals surface area (Å²) in [5.41, 5.74) is 5.91. The number of nitrogens with two attached hydrogens (primary N) is 1. The first kappa shape index (κ1) is 15.2. The van der Waals surface area contributed by atoms with Gasteiger partial charge in [0.05, 0.1) is 16.5 Å². The second kappa shape index (κ2) is 6.06. The molecule has 0 bridgehead atoms. The Morgan fingerprint density at radius 2 is 2.29 bits per heavy atom. The molecule has 0 radical (unpaired) electrons. The zero-order chi connectivity index (χ0) is 15.6. The van der Waals surface area contributed by atoms with Gasteiger partial charge in [0.15, 0.2) is 0 Å². The summed E-state index contributed by atoms with van der Waals surface area (Å²) in [6, 6.07) is 2.40. The molecule has 0 fully saturated rings. The quantitative estimate of drug-likeness (QED) is 0.509. The molecule has 0 aliphatic heterocycles. The lowest BCUT2D eigenvalue weighted by Crippen LogP contribution is -2.23. The molecule has 0 saturated carbocycles. The van der Waals surface area contributed by atoms with E-state index in [9.17, 15) is 14.9 Å². The number of anilines is 1. The minimum Gasteiger partial charge on any atom is -0.392 e. The zero-order valence-electron chi connectivity index (χ0n) is 10.9. The summed E-state index contributed by atoms with van der Waals surface area (Å²) in [4.78, 5) is 26.4. The van der Waals surface area contributed by atoms with Gasteiger partial charge in [-0.15, -0.1) is 11.3 Å². The Morgan fingerprint density at radius 3 is 2.86 bits per heavy atom. The molecule has 21 heavy (non-hydrogen) atoms. The fourth-order valence-electron chi connectivity index (χ4n) is 1.63. The van der Waals surface area contributed by atoms with Crippen molar-refractivity contribution in [1.82, 2.24) is 10.3 Å². The summed E-state index contributed by atoms with van der Waals surface area (Å²) in [7, 11) is 0. The van der Waals surface area contributed by atoms with E-state index in [0.29, 0.717) is 0 Å². The number of rotatable bonds is 4. The van der Waals surface area contributed by atoms with Gasteiger partial charge < -0.3 is 11.1 Å². The zero-order valence-corrected chi connectivity index (χ0v) is 12.5. The maximum atomic E-state index is 12.0. The highest BCUT2D eigenvalue weighted by Gasteiger charge is 2.19. The highest BCUT2D eigenvalue weighted by Crippen LogP contribution is 2.30. The molecule has 2 rings (SSSR count). The second-order valence-corrected chi connectivity index (χ2v) is 5.56. The molecular weight excluding hydrogens is 316 g/mol. The number of aryl methyl sites for hydroxylation is 1. The van der Waals surface area contributed by atoms with Crippen LogP contribution in [0, 0.1) is 17.0 Å². The number of amides is 1. The topological polar surface area (TPSA) is 111 Å². The number of nitro benzene ring substituents is 1. The first-order chi connectivity index (χ1) is 9.88. The normalized spacial score (nSPS) is 10.4. The van der Waals surface area contributed by atoms with Crippen LogP contribution in [0.15, 0.2) is 17.5 Å². The number of aromatic nitrogens is 1. The third-order valence-electron chi connectivity index (χ3n) is 2.63. The van der Waals surface area contributed by atoms with Crippen LogP contribution in [0.5, 0.6) is 0 Å². The molecule has 9 heteroatoms. The van der Waals surface area contributed by atoms with E-state index in [1.807, 2.05) is 12.3 Å². The molecule has 1 aromatic heterocycles. The van der Waals surface area contributed by atoms with Crippen molar-refractivity contribution in [3.63, 3.8) is 0 Å². The van der Waals surface area contributed by atoms with Crippen LogP contribution in [0.25, 0.3) is 0 Å². The third kappa shape index (κ3) is 3.47. The number of halogens is 1. The Morgan fingerprint density at radius 1 is 1.57 bits per heavy atom. The number of hydrogen-bond acceptors (Lipinski definition) is 6. The Balaban J connectivity index is 2.17. The number of thiazole rings is 1. The number of nitro groups is 1. The number of benzene rings is 1. The van der Waals surface area contributed by atoms with Gasteiger partial charge in [-0.2, -0.15) is 0 Å². The molecule has 0 spiro atoms. The Kier molecular flexibility index (Phi) is 4.39. The van der Waals surface area contributed by atoms with Gasteiger partial charge in [-0.05, 0) is 13.0 Å². The first-order valence-electron chi connectivity index (χ1n) is 5.81. The molecule has 0 unspecified atom stereocenters. The van der Waals surface area contributed by atoms with E-state index in [1.54, 1.807) is 0 Å². The van der Waals surface area contributed by atoms with Crippen molar-refractivity contribution in [2.45, 2.75) is 13.5 Å². The van der Waals surface area contributed by atoms with E-state index >= 15 is 0 Å². The van der Waals surface area contributed by atoms with Crippen molar-refractivity contribution < 1.29 is 9.72 Å². The van der Waals surface area contributed by atoms with Crippen LogP contribution in [0.2, 0.25) is 5.02 Å². The maximum Gasteiger partial charge on any atom is 0.294 e. The Bertz CT molecular complexity index is 717. The summed E-state index contributed by atoms with van der Waals surface area (Å²) < 4.78 is 0. The van der Waals surface area contributed by atoms with E-state index < -0.39 is 16.5 Å². The molecule has 7 nitrogen and oxygen atoms in total. The van der Waals surface area contributed by atoms with Gasteiger partial charge in [-0.3, -0.25) is 14.9 Å². The Hall–Kier alpha value is -2.19. The van der Waals surface area contributed by atoms with Crippen LogP contribution in [-0.4, -0.2) is 15.8 Å². The standard InChI is InChI=1S/C12H11ClN4O3S/c1-6-5-21-10(16-6)4-15-12(18)7-2-8(13)11(14)9(3-7)17(19)20/h2-3,5H,4,14H2,1H3,(H,15,18). The molecule has 3 N–H and O–H groups in total. The molecule has 0 saturated heterocycles.